The summed E-state index contributed by atoms with van der Waals surface area (Å²) in [7, 11) is 0.617. The fraction of sp³-hybridized carbons (Fsp3) is 0.455. The van der Waals surface area contributed by atoms with Crippen molar-refractivity contribution in [1.29, 1.82) is 0 Å². The van der Waals surface area contributed by atoms with Crippen LogP contribution in [-0.2, 0) is 0 Å². The van der Waals surface area contributed by atoms with E-state index in [-0.39, 0.29) is 17.2 Å². The first-order valence-electron chi connectivity index (χ1n) is 5.03. The van der Waals surface area contributed by atoms with Gasteiger partial charge >= 0.3 is 6.36 Å². The average Bonchev–Trinajstić information content (AvgIpc) is 2.19. The molecule has 0 saturated carbocycles. The molecule has 1 aromatic rings. The molecule has 1 unspecified atom stereocenters. The van der Waals surface area contributed by atoms with Crippen LogP contribution < -0.4 is 4.74 Å². The van der Waals surface area contributed by atoms with Crippen LogP contribution in [0.2, 0.25) is 0 Å². The lowest BCUT2D eigenvalue weighted by Gasteiger charge is -2.14. The Bertz CT molecular complexity index is 378. The molecule has 6 heteroatoms. The van der Waals surface area contributed by atoms with Gasteiger partial charge < -0.3 is 4.74 Å². The number of hydrogen-bond acceptors (Lipinski definition) is 1. The summed E-state index contributed by atoms with van der Waals surface area (Å²) in [5.74, 6) is -0.986. The Morgan fingerprint density at radius 2 is 2.00 bits per heavy atom. The highest BCUT2D eigenvalue weighted by atomic mass is 31.1. The number of ether oxygens (including phenoxy) is 1. The number of halogens is 4. The lowest BCUT2D eigenvalue weighted by molar-refractivity contribution is -0.274. The van der Waals surface area contributed by atoms with Crippen molar-refractivity contribution in [1.82, 2.24) is 0 Å². The van der Waals surface area contributed by atoms with Gasteiger partial charge in [0.15, 0.2) is 0 Å². The zero-order chi connectivity index (χ0) is 13.1. The summed E-state index contributed by atoms with van der Waals surface area (Å²) >= 11 is 0. The number of alkyl halides is 3. The Kier molecular flexibility index (Phi) is 4.75. The predicted molar refractivity (Wildman–Crippen MR) is 60.6 cm³/mol. The molecule has 0 heterocycles. The van der Waals surface area contributed by atoms with Crippen LogP contribution in [0.5, 0.6) is 5.75 Å². The maximum Gasteiger partial charge on any atom is 0.573 e. The summed E-state index contributed by atoms with van der Waals surface area (Å²) in [4.78, 5) is 0. The largest absolute Gasteiger partial charge is 0.573 e. The van der Waals surface area contributed by atoms with Gasteiger partial charge in [-0.3, -0.25) is 0 Å². The fourth-order valence-electron chi connectivity index (χ4n) is 1.51. The standard InChI is InChI=1S/C11H13F4OP/c1-7(6-17-2)9-5-8(3-4-10(9)12)16-11(13,14)15/h3-5,7,17H,6H2,1-2H3/t7-/m0/s1. The van der Waals surface area contributed by atoms with Crippen molar-refractivity contribution in [3.63, 3.8) is 0 Å². The predicted octanol–water partition coefficient (Wildman–Crippen LogP) is 4.14. The molecule has 0 aliphatic carbocycles. The smallest absolute Gasteiger partial charge is 0.406 e. The summed E-state index contributed by atoms with van der Waals surface area (Å²) in [6.45, 7) is 3.75. The fourth-order valence-corrected chi connectivity index (χ4v) is 2.35. The van der Waals surface area contributed by atoms with Crippen molar-refractivity contribution in [2.75, 3.05) is 12.8 Å². The molecule has 0 bridgehead atoms. The van der Waals surface area contributed by atoms with Gasteiger partial charge in [-0.15, -0.1) is 21.8 Å². The Morgan fingerprint density at radius 1 is 1.35 bits per heavy atom. The lowest BCUT2D eigenvalue weighted by Crippen LogP contribution is -2.17. The molecule has 2 atom stereocenters. The van der Waals surface area contributed by atoms with E-state index in [0.29, 0.717) is 8.58 Å². The summed E-state index contributed by atoms with van der Waals surface area (Å²) in [5.41, 5.74) is 0.265. The maximum absolute atomic E-state index is 13.4. The van der Waals surface area contributed by atoms with E-state index in [1.807, 2.05) is 6.66 Å². The maximum atomic E-state index is 13.4. The third-order valence-corrected chi connectivity index (χ3v) is 3.26. The van der Waals surface area contributed by atoms with E-state index >= 15 is 0 Å². The van der Waals surface area contributed by atoms with Gasteiger partial charge in [-0.2, -0.15) is 0 Å². The summed E-state index contributed by atoms with van der Waals surface area (Å²) in [5, 5.41) is 0. The van der Waals surface area contributed by atoms with Crippen molar-refractivity contribution in [3.8, 4) is 5.75 Å². The molecule has 1 rings (SSSR count). The first-order chi connectivity index (χ1) is 7.83. The van der Waals surface area contributed by atoms with Gasteiger partial charge in [0.1, 0.15) is 11.6 Å². The minimum absolute atomic E-state index is 0.116. The first-order valence-corrected chi connectivity index (χ1v) is 6.74. The number of rotatable bonds is 4. The second-order valence-electron chi connectivity index (χ2n) is 3.69. The van der Waals surface area contributed by atoms with Crippen molar-refractivity contribution >= 4 is 8.58 Å². The Hall–Kier alpha value is -0.830. The Labute approximate surface area is 98.9 Å². The van der Waals surface area contributed by atoms with Crippen LogP contribution in [0.25, 0.3) is 0 Å². The Morgan fingerprint density at radius 3 is 2.53 bits per heavy atom. The number of hydrogen-bond donors (Lipinski definition) is 0. The molecule has 96 valence electrons. The molecule has 0 fully saturated rings. The molecule has 0 saturated heterocycles. The topological polar surface area (TPSA) is 9.23 Å². The van der Waals surface area contributed by atoms with E-state index in [1.165, 1.54) is 0 Å². The molecule has 0 amide bonds. The Balaban J connectivity index is 2.94. The molecule has 1 nitrogen and oxygen atoms in total. The van der Waals surface area contributed by atoms with Crippen LogP contribution in [-0.4, -0.2) is 19.2 Å². The minimum atomic E-state index is -4.75. The van der Waals surface area contributed by atoms with E-state index in [9.17, 15) is 17.6 Å². The van der Waals surface area contributed by atoms with Crippen LogP contribution in [0.1, 0.15) is 18.4 Å². The number of benzene rings is 1. The molecule has 17 heavy (non-hydrogen) atoms. The third-order valence-electron chi connectivity index (χ3n) is 2.24. The first kappa shape index (κ1) is 14.2. The van der Waals surface area contributed by atoms with Gasteiger partial charge in [0, 0.05) is 0 Å². The molecule has 0 aromatic heterocycles. The zero-order valence-corrected chi connectivity index (χ0v) is 10.4. The zero-order valence-electron chi connectivity index (χ0n) is 9.44. The van der Waals surface area contributed by atoms with E-state index in [2.05, 4.69) is 4.74 Å². The van der Waals surface area contributed by atoms with E-state index < -0.39 is 12.2 Å². The average molecular weight is 268 g/mol. The van der Waals surface area contributed by atoms with E-state index in [4.69, 9.17) is 0 Å². The summed E-state index contributed by atoms with van der Waals surface area (Å²) < 4.78 is 53.2. The van der Waals surface area contributed by atoms with Crippen LogP contribution in [0.15, 0.2) is 18.2 Å². The second-order valence-corrected chi connectivity index (χ2v) is 4.81. The lowest BCUT2D eigenvalue weighted by atomic mass is 10.0. The molecular weight excluding hydrogens is 255 g/mol. The molecular formula is C11H13F4OP. The molecule has 0 aliphatic rings. The van der Waals surface area contributed by atoms with E-state index in [0.717, 1.165) is 24.4 Å². The van der Waals surface area contributed by atoms with Crippen LogP contribution in [0.4, 0.5) is 17.6 Å². The summed E-state index contributed by atoms with van der Waals surface area (Å²) in [6, 6.07) is 3.10. The molecule has 0 aliphatic heterocycles. The molecule has 0 radical (unpaired) electrons. The third kappa shape index (κ3) is 4.50. The van der Waals surface area contributed by atoms with Crippen molar-refractivity contribution in [2.24, 2.45) is 0 Å². The van der Waals surface area contributed by atoms with Gasteiger partial charge in [0.05, 0.1) is 0 Å². The summed E-state index contributed by atoms with van der Waals surface area (Å²) in [6.07, 6.45) is -4.00. The van der Waals surface area contributed by atoms with Crippen LogP contribution in [0, 0.1) is 5.82 Å². The second kappa shape index (κ2) is 5.67. The molecule has 0 spiro atoms. The highest BCUT2D eigenvalue weighted by Gasteiger charge is 2.31. The minimum Gasteiger partial charge on any atom is -0.406 e. The van der Waals surface area contributed by atoms with Gasteiger partial charge in [0.2, 0.25) is 0 Å². The SMILES string of the molecule is CPC[C@H](C)c1cc(OC(F)(F)F)ccc1F. The molecule has 1 aromatic carbocycles. The van der Waals surface area contributed by atoms with Gasteiger partial charge in [0.25, 0.3) is 0 Å². The van der Waals surface area contributed by atoms with Crippen LogP contribution in [0.3, 0.4) is 0 Å². The highest BCUT2D eigenvalue weighted by Crippen LogP contribution is 2.30. The van der Waals surface area contributed by atoms with E-state index in [1.54, 1.807) is 6.92 Å². The van der Waals surface area contributed by atoms with Crippen molar-refractivity contribution in [2.45, 2.75) is 19.2 Å². The highest BCUT2D eigenvalue weighted by molar-refractivity contribution is 7.37. The molecule has 0 N–H and O–H groups in total. The quantitative estimate of drug-likeness (QED) is 0.589. The van der Waals surface area contributed by atoms with Gasteiger partial charge in [-0.1, -0.05) is 6.92 Å². The monoisotopic (exact) mass is 268 g/mol. The normalized spacial score (nSPS) is 14.2. The van der Waals surface area contributed by atoms with Crippen molar-refractivity contribution < 1.29 is 22.3 Å². The van der Waals surface area contributed by atoms with Gasteiger partial charge in [-0.05, 0) is 42.5 Å². The van der Waals surface area contributed by atoms with Crippen LogP contribution >= 0.6 is 8.58 Å². The van der Waals surface area contributed by atoms with Crippen molar-refractivity contribution in [3.05, 3.63) is 29.6 Å². The van der Waals surface area contributed by atoms with Gasteiger partial charge in [-0.25, -0.2) is 4.39 Å².